The molecule has 116 valence electrons. The molecular weight excluding hydrogens is 288 g/mol. The first-order chi connectivity index (χ1) is 9.72. The van der Waals surface area contributed by atoms with Crippen LogP contribution in [0, 0.1) is 0 Å². The highest BCUT2D eigenvalue weighted by Gasteiger charge is 2.43. The maximum absolute atomic E-state index is 11.9. The first-order valence-corrected chi connectivity index (χ1v) is 7.50. The molecule has 1 aromatic carbocycles. The van der Waals surface area contributed by atoms with Crippen LogP contribution < -0.4 is 15.8 Å². The van der Waals surface area contributed by atoms with E-state index in [1.54, 1.807) is 0 Å². The van der Waals surface area contributed by atoms with Gasteiger partial charge in [-0.05, 0) is 31.7 Å². The Morgan fingerprint density at radius 3 is 2.76 bits per heavy atom. The predicted molar refractivity (Wildman–Crippen MR) is 84.7 cm³/mol. The Hall–Kier alpha value is -1.26. The van der Waals surface area contributed by atoms with E-state index in [4.69, 9.17) is 10.5 Å². The van der Waals surface area contributed by atoms with Crippen molar-refractivity contribution in [2.75, 3.05) is 6.54 Å². The number of benzene rings is 1. The fourth-order valence-electron chi connectivity index (χ4n) is 3.47. The Morgan fingerprint density at radius 2 is 2.05 bits per heavy atom. The third-order valence-electron chi connectivity index (χ3n) is 4.42. The van der Waals surface area contributed by atoms with Crippen LogP contribution in [0.5, 0.6) is 5.75 Å². The molecule has 1 saturated carbocycles. The summed E-state index contributed by atoms with van der Waals surface area (Å²) in [6.45, 7) is 0.391. The van der Waals surface area contributed by atoms with Gasteiger partial charge < -0.3 is 15.8 Å². The number of nitrogens with two attached hydrogens (primary N) is 1. The fourth-order valence-corrected chi connectivity index (χ4v) is 3.47. The van der Waals surface area contributed by atoms with Gasteiger partial charge in [0, 0.05) is 24.9 Å². The molecule has 4 nitrogen and oxygen atoms in total. The minimum Gasteiger partial charge on any atom is -0.487 e. The third-order valence-corrected chi connectivity index (χ3v) is 4.42. The van der Waals surface area contributed by atoms with Crippen molar-refractivity contribution in [2.24, 2.45) is 5.73 Å². The number of hydrogen-bond donors (Lipinski definition) is 2. The van der Waals surface area contributed by atoms with E-state index in [9.17, 15) is 4.79 Å². The number of hydrogen-bond acceptors (Lipinski definition) is 3. The Labute approximate surface area is 131 Å². The number of amides is 1. The Kier molecular flexibility index (Phi) is 5.12. The number of para-hydroxylation sites is 1. The van der Waals surface area contributed by atoms with E-state index >= 15 is 0 Å². The number of carbonyl (C=O) groups excluding carboxylic acids is 1. The molecule has 1 aliphatic carbocycles. The molecule has 1 aliphatic heterocycles. The van der Waals surface area contributed by atoms with Crippen molar-refractivity contribution in [3.05, 3.63) is 29.8 Å². The average molecular weight is 311 g/mol. The van der Waals surface area contributed by atoms with Crippen LogP contribution >= 0.6 is 12.4 Å². The molecule has 1 unspecified atom stereocenters. The summed E-state index contributed by atoms with van der Waals surface area (Å²) in [4.78, 5) is 11.9. The molecule has 3 rings (SSSR count). The lowest BCUT2D eigenvalue weighted by Crippen LogP contribution is -2.43. The van der Waals surface area contributed by atoms with Gasteiger partial charge in [-0.3, -0.25) is 4.79 Å². The summed E-state index contributed by atoms with van der Waals surface area (Å²) in [7, 11) is 0. The van der Waals surface area contributed by atoms with Crippen molar-refractivity contribution in [3.8, 4) is 5.75 Å². The number of halogens is 1. The van der Waals surface area contributed by atoms with Crippen LogP contribution in [0.3, 0.4) is 0 Å². The largest absolute Gasteiger partial charge is 0.487 e. The van der Waals surface area contributed by atoms with Crippen LogP contribution in [0.4, 0.5) is 0 Å². The van der Waals surface area contributed by atoms with E-state index in [0.717, 1.165) is 30.6 Å². The van der Waals surface area contributed by atoms with E-state index < -0.39 is 0 Å². The van der Waals surface area contributed by atoms with E-state index in [1.807, 2.05) is 24.3 Å². The highest BCUT2D eigenvalue weighted by molar-refractivity contribution is 5.85. The second-order valence-electron chi connectivity index (χ2n) is 5.89. The lowest BCUT2D eigenvalue weighted by Gasteiger charge is -2.40. The maximum Gasteiger partial charge on any atom is 0.221 e. The minimum atomic E-state index is -0.0744. The smallest absolute Gasteiger partial charge is 0.221 e. The number of fused-ring (bicyclic) bond motifs is 1. The molecule has 3 N–H and O–H groups in total. The van der Waals surface area contributed by atoms with Crippen LogP contribution in [-0.4, -0.2) is 18.1 Å². The molecule has 1 spiro atoms. The quantitative estimate of drug-likeness (QED) is 0.902. The predicted octanol–water partition coefficient (Wildman–Crippen LogP) is 2.71. The zero-order valence-corrected chi connectivity index (χ0v) is 13.0. The first kappa shape index (κ1) is 16.1. The van der Waals surface area contributed by atoms with Crippen LogP contribution in [-0.2, 0) is 4.79 Å². The fraction of sp³-hybridized carbons (Fsp3) is 0.562. The van der Waals surface area contributed by atoms with Gasteiger partial charge in [0.25, 0.3) is 0 Å². The zero-order valence-electron chi connectivity index (χ0n) is 12.1. The second-order valence-corrected chi connectivity index (χ2v) is 5.89. The summed E-state index contributed by atoms with van der Waals surface area (Å²) in [5, 5.41) is 3.13. The summed E-state index contributed by atoms with van der Waals surface area (Å²) in [6, 6.07) is 8.10. The molecule has 1 amide bonds. The highest BCUT2D eigenvalue weighted by atomic mass is 35.5. The SMILES string of the molecule is Cl.NCCC(=O)NC1CC2(CCCC2)Oc2ccccc21. The first-order valence-electron chi connectivity index (χ1n) is 7.50. The number of carbonyl (C=O) groups is 1. The van der Waals surface area contributed by atoms with Gasteiger partial charge in [-0.25, -0.2) is 0 Å². The summed E-state index contributed by atoms with van der Waals surface area (Å²) in [5.41, 5.74) is 6.48. The monoisotopic (exact) mass is 310 g/mol. The molecule has 21 heavy (non-hydrogen) atoms. The lowest BCUT2D eigenvalue weighted by molar-refractivity contribution is -0.122. The summed E-state index contributed by atoms with van der Waals surface area (Å²) < 4.78 is 6.28. The van der Waals surface area contributed by atoms with E-state index in [0.29, 0.717) is 13.0 Å². The molecule has 2 aliphatic rings. The van der Waals surface area contributed by atoms with Crippen molar-refractivity contribution in [2.45, 2.75) is 50.2 Å². The van der Waals surface area contributed by atoms with E-state index in [2.05, 4.69) is 5.32 Å². The number of rotatable bonds is 3. The topological polar surface area (TPSA) is 64.4 Å². The molecule has 1 atom stereocenters. The summed E-state index contributed by atoms with van der Waals surface area (Å²) in [5.74, 6) is 0.959. The highest BCUT2D eigenvalue weighted by Crippen LogP contribution is 2.46. The van der Waals surface area contributed by atoms with Crippen molar-refractivity contribution in [1.82, 2.24) is 5.32 Å². The average Bonchev–Trinajstić information content (AvgIpc) is 2.87. The van der Waals surface area contributed by atoms with Crippen molar-refractivity contribution >= 4 is 18.3 Å². The summed E-state index contributed by atoms with van der Waals surface area (Å²) in [6.07, 6.45) is 5.86. The van der Waals surface area contributed by atoms with Gasteiger partial charge in [-0.15, -0.1) is 12.4 Å². The third kappa shape index (κ3) is 3.33. The Bertz CT molecular complexity index is 501. The Balaban J connectivity index is 0.00000161. The second kappa shape index (κ2) is 6.67. The van der Waals surface area contributed by atoms with Crippen LogP contribution in [0.15, 0.2) is 24.3 Å². The standard InChI is InChI=1S/C16H22N2O2.ClH/c17-10-7-15(19)18-13-11-16(8-3-4-9-16)20-14-6-2-1-5-12(13)14;/h1-2,5-6,13H,3-4,7-11,17H2,(H,18,19);1H. The van der Waals surface area contributed by atoms with E-state index in [-0.39, 0.29) is 30.0 Å². The van der Waals surface area contributed by atoms with Gasteiger partial charge in [0.2, 0.25) is 5.91 Å². The van der Waals surface area contributed by atoms with Gasteiger partial charge in [0.05, 0.1) is 6.04 Å². The lowest BCUT2D eigenvalue weighted by atomic mass is 9.86. The van der Waals surface area contributed by atoms with Crippen molar-refractivity contribution < 1.29 is 9.53 Å². The normalized spacial score (nSPS) is 22.0. The molecule has 0 bridgehead atoms. The maximum atomic E-state index is 11.9. The van der Waals surface area contributed by atoms with Gasteiger partial charge in [-0.1, -0.05) is 18.2 Å². The van der Waals surface area contributed by atoms with Gasteiger partial charge in [0.1, 0.15) is 11.4 Å². The Morgan fingerprint density at radius 1 is 1.33 bits per heavy atom. The molecule has 5 heteroatoms. The molecule has 0 aromatic heterocycles. The molecule has 0 saturated heterocycles. The minimum absolute atomic E-state index is 0. The van der Waals surface area contributed by atoms with Crippen LogP contribution in [0.1, 0.15) is 50.1 Å². The van der Waals surface area contributed by atoms with Crippen LogP contribution in [0.25, 0.3) is 0 Å². The van der Waals surface area contributed by atoms with Crippen molar-refractivity contribution in [1.29, 1.82) is 0 Å². The molecule has 1 aromatic rings. The van der Waals surface area contributed by atoms with Gasteiger partial charge in [-0.2, -0.15) is 0 Å². The summed E-state index contributed by atoms with van der Waals surface area (Å²) >= 11 is 0. The molecule has 1 fully saturated rings. The van der Waals surface area contributed by atoms with Crippen molar-refractivity contribution in [3.63, 3.8) is 0 Å². The molecular formula is C16H23ClN2O2. The zero-order chi connectivity index (χ0) is 14.0. The molecule has 1 heterocycles. The van der Waals surface area contributed by atoms with Gasteiger partial charge in [0.15, 0.2) is 0 Å². The van der Waals surface area contributed by atoms with Gasteiger partial charge >= 0.3 is 0 Å². The van der Waals surface area contributed by atoms with Crippen LogP contribution in [0.2, 0.25) is 0 Å². The molecule has 0 radical (unpaired) electrons. The van der Waals surface area contributed by atoms with E-state index in [1.165, 1.54) is 12.8 Å². The number of ether oxygens (including phenoxy) is 1. The number of nitrogens with one attached hydrogen (secondary N) is 1.